The smallest absolute Gasteiger partial charge is 0.201 e. The molecule has 21 heavy (non-hydrogen) atoms. The zero-order chi connectivity index (χ0) is 14.9. The second kappa shape index (κ2) is 5.38. The normalized spacial score (nSPS) is 11.7. The number of nitrogens with zero attached hydrogens (tertiary/aromatic N) is 4. The lowest BCUT2D eigenvalue weighted by atomic mass is 10.2. The molecule has 0 amide bonds. The van der Waals surface area contributed by atoms with Gasteiger partial charge in [-0.2, -0.15) is 0 Å². The van der Waals surface area contributed by atoms with Gasteiger partial charge in [0.05, 0.1) is 11.9 Å². The molecule has 0 fully saturated rings. The maximum absolute atomic E-state index is 12.3. The van der Waals surface area contributed by atoms with Gasteiger partial charge in [0.25, 0.3) is 0 Å². The van der Waals surface area contributed by atoms with E-state index in [1.165, 1.54) is 22.2 Å². The van der Waals surface area contributed by atoms with Gasteiger partial charge in [-0.25, -0.2) is 18.1 Å². The highest BCUT2D eigenvalue weighted by Crippen LogP contribution is 2.27. The van der Waals surface area contributed by atoms with Crippen molar-refractivity contribution in [1.82, 2.24) is 20.0 Å². The average Bonchev–Trinajstić information content (AvgIpc) is 3.08. The van der Waals surface area contributed by atoms with Crippen LogP contribution in [0.25, 0.3) is 10.6 Å². The van der Waals surface area contributed by atoms with Gasteiger partial charge in [0.2, 0.25) is 9.84 Å². The Morgan fingerprint density at radius 3 is 2.62 bits per heavy atom. The zero-order valence-corrected chi connectivity index (χ0v) is 12.8. The molecule has 8 heteroatoms. The highest BCUT2D eigenvalue weighted by atomic mass is 32.2. The number of aromatic nitrogens is 4. The minimum atomic E-state index is -3.46. The summed E-state index contributed by atoms with van der Waals surface area (Å²) in [6.45, 7) is 0. The molecule has 0 N–H and O–H groups in total. The van der Waals surface area contributed by atoms with Crippen LogP contribution >= 0.6 is 11.3 Å². The molecule has 2 aromatic heterocycles. The zero-order valence-electron chi connectivity index (χ0n) is 11.2. The quantitative estimate of drug-likeness (QED) is 0.734. The van der Waals surface area contributed by atoms with E-state index in [1.54, 1.807) is 13.2 Å². The van der Waals surface area contributed by atoms with E-state index in [-0.39, 0.29) is 10.8 Å². The second-order valence-corrected chi connectivity index (χ2v) is 7.50. The third-order valence-corrected chi connectivity index (χ3v) is 5.83. The third kappa shape index (κ3) is 2.86. The molecule has 0 atom stereocenters. The van der Waals surface area contributed by atoms with E-state index in [0.29, 0.717) is 4.88 Å². The van der Waals surface area contributed by atoms with E-state index >= 15 is 0 Å². The van der Waals surface area contributed by atoms with Crippen LogP contribution in [-0.2, 0) is 22.6 Å². The largest absolute Gasteiger partial charge is 0.244 e. The molecule has 0 aliphatic carbocycles. The van der Waals surface area contributed by atoms with Crippen LogP contribution in [-0.4, -0.2) is 28.4 Å². The van der Waals surface area contributed by atoms with Crippen molar-refractivity contribution < 1.29 is 8.42 Å². The first-order valence-electron chi connectivity index (χ1n) is 6.14. The van der Waals surface area contributed by atoms with Gasteiger partial charge < -0.3 is 0 Å². The molecule has 0 saturated heterocycles. The van der Waals surface area contributed by atoms with Crippen LogP contribution in [0.3, 0.4) is 0 Å². The molecule has 0 unspecified atom stereocenters. The maximum Gasteiger partial charge on any atom is 0.201 e. The lowest BCUT2D eigenvalue weighted by Crippen LogP contribution is -2.09. The van der Waals surface area contributed by atoms with E-state index in [1.807, 2.05) is 30.3 Å². The van der Waals surface area contributed by atoms with Crippen molar-refractivity contribution >= 4 is 21.2 Å². The van der Waals surface area contributed by atoms with Crippen molar-refractivity contribution in [2.24, 2.45) is 7.05 Å². The predicted molar refractivity (Wildman–Crippen MR) is 79.4 cm³/mol. The summed E-state index contributed by atoms with van der Waals surface area (Å²) in [5.74, 6) is -0.0985. The van der Waals surface area contributed by atoms with Crippen molar-refractivity contribution in [3.8, 4) is 10.6 Å². The highest BCUT2D eigenvalue weighted by Gasteiger charge is 2.21. The van der Waals surface area contributed by atoms with E-state index < -0.39 is 9.84 Å². The van der Waals surface area contributed by atoms with E-state index in [2.05, 4.69) is 15.3 Å². The summed E-state index contributed by atoms with van der Waals surface area (Å²) in [4.78, 5) is 4.98. The molecule has 0 bridgehead atoms. The second-order valence-electron chi connectivity index (χ2n) is 4.45. The van der Waals surface area contributed by atoms with Gasteiger partial charge in [0.1, 0.15) is 5.01 Å². The van der Waals surface area contributed by atoms with Crippen LogP contribution in [0.4, 0.5) is 0 Å². The SMILES string of the molecule is Cn1nncc1S(=O)(=O)Cc1cnc(-c2ccccc2)s1. The molecule has 0 radical (unpaired) electrons. The van der Waals surface area contributed by atoms with Gasteiger partial charge in [-0.1, -0.05) is 35.5 Å². The number of aryl methyl sites for hydroxylation is 1. The summed E-state index contributed by atoms with van der Waals surface area (Å²) in [6.07, 6.45) is 2.86. The number of thiazole rings is 1. The topological polar surface area (TPSA) is 77.7 Å². The van der Waals surface area contributed by atoms with Crippen LogP contribution in [0.1, 0.15) is 4.88 Å². The van der Waals surface area contributed by atoms with Crippen molar-refractivity contribution in [2.75, 3.05) is 0 Å². The molecule has 1 aromatic carbocycles. The minimum Gasteiger partial charge on any atom is -0.244 e. The summed E-state index contributed by atoms with van der Waals surface area (Å²) >= 11 is 1.38. The van der Waals surface area contributed by atoms with Crippen LogP contribution < -0.4 is 0 Å². The summed E-state index contributed by atoms with van der Waals surface area (Å²) in [7, 11) is -1.90. The maximum atomic E-state index is 12.3. The molecule has 0 aliphatic heterocycles. The Kier molecular flexibility index (Phi) is 3.56. The van der Waals surface area contributed by atoms with Gasteiger partial charge in [-0.3, -0.25) is 0 Å². The van der Waals surface area contributed by atoms with E-state index in [0.717, 1.165) is 10.6 Å². The lowest BCUT2D eigenvalue weighted by molar-refractivity contribution is 0.574. The van der Waals surface area contributed by atoms with Crippen LogP contribution in [0, 0.1) is 0 Å². The predicted octanol–water partition coefficient (Wildman–Crippen LogP) is 1.91. The minimum absolute atomic E-state index is 0.0985. The van der Waals surface area contributed by atoms with Gasteiger partial charge in [-0.15, -0.1) is 16.4 Å². The fourth-order valence-corrected chi connectivity index (χ4v) is 4.57. The standard InChI is InChI=1S/C13H12N4O2S2/c1-17-12(8-15-16-17)21(18,19)9-11-7-14-13(20-11)10-5-3-2-4-6-10/h2-8H,9H2,1H3. The molecule has 3 aromatic rings. The van der Waals surface area contributed by atoms with Gasteiger partial charge in [-0.05, 0) is 0 Å². The Bertz CT molecular complexity index is 853. The Balaban J connectivity index is 1.87. The number of benzene rings is 1. The van der Waals surface area contributed by atoms with Crippen LogP contribution in [0.5, 0.6) is 0 Å². The van der Waals surface area contributed by atoms with Gasteiger partial charge in [0, 0.05) is 23.7 Å². The van der Waals surface area contributed by atoms with E-state index in [4.69, 9.17) is 0 Å². The van der Waals surface area contributed by atoms with E-state index in [9.17, 15) is 8.42 Å². The van der Waals surface area contributed by atoms with Crippen LogP contribution in [0.2, 0.25) is 0 Å². The fourth-order valence-electron chi connectivity index (χ4n) is 1.91. The molecule has 0 spiro atoms. The monoisotopic (exact) mass is 320 g/mol. The van der Waals surface area contributed by atoms with Crippen molar-refractivity contribution in [3.63, 3.8) is 0 Å². The average molecular weight is 320 g/mol. The molecular formula is C13H12N4O2S2. The molecule has 108 valence electrons. The molecule has 6 nitrogen and oxygen atoms in total. The number of hydrogen-bond acceptors (Lipinski definition) is 6. The van der Waals surface area contributed by atoms with Gasteiger partial charge >= 0.3 is 0 Å². The first-order valence-corrected chi connectivity index (χ1v) is 8.61. The number of hydrogen-bond donors (Lipinski definition) is 0. The summed E-state index contributed by atoms with van der Waals surface area (Å²) in [5.41, 5.74) is 0.980. The molecule has 0 saturated carbocycles. The van der Waals surface area contributed by atoms with Crippen LogP contribution in [0.15, 0.2) is 47.8 Å². The Labute approximate surface area is 126 Å². The fraction of sp³-hybridized carbons (Fsp3) is 0.154. The Hall–Kier alpha value is -2.06. The molecule has 2 heterocycles. The third-order valence-electron chi connectivity index (χ3n) is 2.90. The number of rotatable bonds is 4. The first-order chi connectivity index (χ1) is 10.1. The molecule has 3 rings (SSSR count). The Morgan fingerprint density at radius 2 is 1.95 bits per heavy atom. The summed E-state index contributed by atoms with van der Waals surface area (Å²) in [5, 5.41) is 8.17. The molecule has 0 aliphatic rings. The Morgan fingerprint density at radius 1 is 1.19 bits per heavy atom. The summed E-state index contributed by atoms with van der Waals surface area (Å²) < 4.78 is 25.9. The summed E-state index contributed by atoms with van der Waals surface area (Å²) in [6, 6.07) is 9.67. The first kappa shape index (κ1) is 13.9. The lowest BCUT2D eigenvalue weighted by Gasteiger charge is -2.01. The van der Waals surface area contributed by atoms with Crippen molar-refractivity contribution in [3.05, 3.63) is 47.6 Å². The van der Waals surface area contributed by atoms with Crippen molar-refractivity contribution in [1.29, 1.82) is 0 Å². The highest BCUT2D eigenvalue weighted by molar-refractivity contribution is 7.90. The molecular weight excluding hydrogens is 308 g/mol. The van der Waals surface area contributed by atoms with Gasteiger partial charge in [0.15, 0.2) is 5.03 Å². The number of sulfone groups is 1. The van der Waals surface area contributed by atoms with Crippen molar-refractivity contribution in [2.45, 2.75) is 10.8 Å².